The lowest BCUT2D eigenvalue weighted by atomic mass is 10.0. The molecule has 0 spiro atoms. The fourth-order valence-electron chi connectivity index (χ4n) is 4.02. The Balaban J connectivity index is 2.41. The van der Waals surface area contributed by atoms with E-state index >= 15 is 0 Å². The maximum absolute atomic E-state index is 13.5. The average Bonchev–Trinajstić information content (AvgIpc) is 3.05. The van der Waals surface area contributed by atoms with Gasteiger partial charge in [-0.25, -0.2) is 4.79 Å². The van der Waals surface area contributed by atoms with Crippen LogP contribution in [-0.4, -0.2) is 53.9 Å². The van der Waals surface area contributed by atoms with Crippen molar-refractivity contribution in [3.63, 3.8) is 0 Å². The van der Waals surface area contributed by atoms with E-state index < -0.39 is 5.97 Å². The third kappa shape index (κ3) is 6.03. The van der Waals surface area contributed by atoms with Gasteiger partial charge in [0.25, 0.3) is 5.91 Å². The maximum Gasteiger partial charge on any atom is 0.355 e. The van der Waals surface area contributed by atoms with Crippen LogP contribution >= 0.6 is 0 Å². The normalized spacial score (nSPS) is 10.9. The number of ketones is 1. The highest BCUT2D eigenvalue weighted by molar-refractivity contribution is 6.06. The number of hydrogen-bond acceptors (Lipinski definition) is 5. The Morgan fingerprint density at radius 3 is 2.39 bits per heavy atom. The van der Waals surface area contributed by atoms with Crippen molar-refractivity contribution in [3.8, 4) is 5.75 Å². The molecule has 1 aromatic carbocycles. The van der Waals surface area contributed by atoms with Gasteiger partial charge >= 0.3 is 5.97 Å². The fourth-order valence-corrected chi connectivity index (χ4v) is 4.02. The molecule has 0 saturated carbocycles. The monoisotopic (exact) mass is 456 g/mol. The summed E-state index contributed by atoms with van der Waals surface area (Å²) >= 11 is 0. The number of Topliss-reactive ketones (excluding diaryl/α,β-unsaturated/α-hetero) is 1. The Hall–Kier alpha value is -3.09. The highest BCUT2D eigenvalue weighted by Gasteiger charge is 2.28. The quantitative estimate of drug-likeness (QED) is 0.362. The van der Waals surface area contributed by atoms with Crippen LogP contribution in [0.4, 0.5) is 0 Å². The van der Waals surface area contributed by atoms with Crippen LogP contribution in [0.25, 0.3) is 0 Å². The number of esters is 1. The number of carbonyl (C=O) groups excluding carboxylic acids is 3. The first kappa shape index (κ1) is 26.2. The van der Waals surface area contributed by atoms with E-state index in [1.165, 1.54) is 0 Å². The number of nitrogens with zero attached hydrogens (tertiary/aromatic N) is 2. The standard InChI is InChI=1S/C26H36N2O5/c1-8-28-19(6)23(18(5)24(28)26(31)33-9-2)22(29)16-27(14-13-17(3)4)25(30)20-11-10-12-21(15-20)32-7/h10-12,15,17H,8-9,13-14,16H2,1-7H3. The van der Waals surface area contributed by atoms with Gasteiger partial charge in [0.2, 0.25) is 0 Å². The van der Waals surface area contributed by atoms with Gasteiger partial charge in [-0.1, -0.05) is 19.9 Å². The summed E-state index contributed by atoms with van der Waals surface area (Å²) in [7, 11) is 1.55. The van der Waals surface area contributed by atoms with Crippen LogP contribution in [0.2, 0.25) is 0 Å². The van der Waals surface area contributed by atoms with Crippen molar-refractivity contribution in [2.45, 2.75) is 54.5 Å². The van der Waals surface area contributed by atoms with Gasteiger partial charge in [-0.05, 0) is 63.8 Å². The number of carbonyl (C=O) groups is 3. The van der Waals surface area contributed by atoms with Crippen LogP contribution in [0.5, 0.6) is 5.75 Å². The van der Waals surface area contributed by atoms with E-state index in [0.29, 0.717) is 52.8 Å². The summed E-state index contributed by atoms with van der Waals surface area (Å²) in [5.74, 6) is 0.104. The second-order valence-electron chi connectivity index (χ2n) is 8.46. The molecule has 33 heavy (non-hydrogen) atoms. The molecule has 0 aliphatic rings. The minimum Gasteiger partial charge on any atom is -0.497 e. The molecule has 0 fully saturated rings. The van der Waals surface area contributed by atoms with E-state index in [4.69, 9.17) is 9.47 Å². The molecular formula is C26H36N2O5. The first-order valence-electron chi connectivity index (χ1n) is 11.5. The second-order valence-corrected chi connectivity index (χ2v) is 8.46. The number of hydrogen-bond donors (Lipinski definition) is 0. The van der Waals surface area contributed by atoms with E-state index in [1.54, 1.807) is 50.1 Å². The van der Waals surface area contributed by atoms with E-state index in [0.717, 1.165) is 6.42 Å². The Morgan fingerprint density at radius 1 is 1.12 bits per heavy atom. The minimum absolute atomic E-state index is 0.0690. The number of benzene rings is 1. The molecule has 0 unspecified atom stereocenters. The van der Waals surface area contributed by atoms with Gasteiger partial charge in [-0.15, -0.1) is 0 Å². The van der Waals surface area contributed by atoms with E-state index in [-0.39, 0.29) is 24.8 Å². The van der Waals surface area contributed by atoms with E-state index in [9.17, 15) is 14.4 Å². The summed E-state index contributed by atoms with van der Waals surface area (Å²) in [5.41, 5.74) is 2.65. The van der Waals surface area contributed by atoms with Gasteiger partial charge in [0, 0.05) is 29.9 Å². The zero-order valence-corrected chi connectivity index (χ0v) is 20.9. The largest absolute Gasteiger partial charge is 0.497 e. The molecule has 0 bridgehead atoms. The van der Waals surface area contributed by atoms with Gasteiger partial charge in [0.1, 0.15) is 11.4 Å². The number of amides is 1. The van der Waals surface area contributed by atoms with Crippen molar-refractivity contribution < 1.29 is 23.9 Å². The van der Waals surface area contributed by atoms with Crippen LogP contribution in [-0.2, 0) is 11.3 Å². The number of rotatable bonds is 11. The predicted molar refractivity (Wildman–Crippen MR) is 128 cm³/mol. The third-order valence-electron chi connectivity index (χ3n) is 5.75. The highest BCUT2D eigenvalue weighted by atomic mass is 16.5. The molecule has 180 valence electrons. The molecule has 1 heterocycles. The van der Waals surface area contributed by atoms with Gasteiger partial charge in [0.15, 0.2) is 5.78 Å². The zero-order valence-electron chi connectivity index (χ0n) is 20.9. The first-order valence-corrected chi connectivity index (χ1v) is 11.5. The van der Waals surface area contributed by atoms with Crippen molar-refractivity contribution in [1.82, 2.24) is 9.47 Å². The molecule has 0 saturated heterocycles. The van der Waals surface area contributed by atoms with Crippen molar-refractivity contribution in [2.75, 3.05) is 26.8 Å². The molecule has 2 aromatic rings. The van der Waals surface area contributed by atoms with Gasteiger partial charge in [-0.2, -0.15) is 0 Å². The third-order valence-corrected chi connectivity index (χ3v) is 5.75. The predicted octanol–water partition coefficient (Wildman–Crippen LogP) is 4.68. The van der Waals surface area contributed by atoms with Crippen molar-refractivity contribution in [3.05, 3.63) is 52.3 Å². The van der Waals surface area contributed by atoms with Crippen LogP contribution in [0.15, 0.2) is 24.3 Å². The maximum atomic E-state index is 13.5. The number of methoxy groups -OCH3 is 1. The summed E-state index contributed by atoms with van der Waals surface area (Å²) < 4.78 is 12.3. The van der Waals surface area contributed by atoms with Gasteiger partial charge in [0.05, 0.1) is 20.3 Å². The Morgan fingerprint density at radius 2 is 1.82 bits per heavy atom. The molecule has 7 nitrogen and oxygen atoms in total. The Kier molecular flexibility index (Phi) is 9.26. The Labute approximate surface area is 196 Å². The average molecular weight is 457 g/mol. The lowest BCUT2D eigenvalue weighted by Crippen LogP contribution is -2.37. The summed E-state index contributed by atoms with van der Waals surface area (Å²) in [6.07, 6.45) is 0.769. The first-order chi connectivity index (χ1) is 15.7. The lowest BCUT2D eigenvalue weighted by Gasteiger charge is -2.23. The molecule has 7 heteroatoms. The molecule has 1 aromatic heterocycles. The SMILES string of the molecule is CCOC(=O)c1c(C)c(C(=O)CN(CCC(C)C)C(=O)c2cccc(OC)c2)c(C)n1CC. The van der Waals surface area contributed by atoms with Crippen LogP contribution in [0.3, 0.4) is 0 Å². The van der Waals surface area contributed by atoms with Crippen LogP contribution in [0.1, 0.15) is 76.6 Å². The Bertz CT molecular complexity index is 1010. The smallest absolute Gasteiger partial charge is 0.355 e. The number of aromatic nitrogens is 1. The highest BCUT2D eigenvalue weighted by Crippen LogP contribution is 2.25. The zero-order chi connectivity index (χ0) is 24.7. The van der Waals surface area contributed by atoms with Crippen molar-refractivity contribution >= 4 is 17.7 Å². The summed E-state index contributed by atoms with van der Waals surface area (Å²) in [5, 5.41) is 0. The molecule has 0 N–H and O–H groups in total. The lowest BCUT2D eigenvalue weighted by molar-refractivity contribution is 0.0512. The van der Waals surface area contributed by atoms with E-state index in [2.05, 4.69) is 13.8 Å². The van der Waals surface area contributed by atoms with Crippen molar-refractivity contribution in [2.24, 2.45) is 5.92 Å². The summed E-state index contributed by atoms with van der Waals surface area (Å²) in [4.78, 5) is 40.9. The van der Waals surface area contributed by atoms with Gasteiger partial charge < -0.3 is 18.9 Å². The molecular weight excluding hydrogens is 420 g/mol. The molecule has 1 amide bonds. The molecule has 0 aliphatic carbocycles. The second kappa shape index (κ2) is 11.7. The van der Waals surface area contributed by atoms with Crippen LogP contribution < -0.4 is 4.74 Å². The summed E-state index contributed by atoms with van der Waals surface area (Å²) in [6.45, 7) is 12.6. The summed E-state index contributed by atoms with van der Waals surface area (Å²) in [6, 6.07) is 6.94. The van der Waals surface area contributed by atoms with E-state index in [1.807, 2.05) is 18.4 Å². The number of ether oxygens (including phenoxy) is 2. The molecule has 0 aliphatic heterocycles. The molecule has 0 atom stereocenters. The fraction of sp³-hybridized carbons (Fsp3) is 0.500. The minimum atomic E-state index is -0.442. The topological polar surface area (TPSA) is 77.8 Å². The van der Waals surface area contributed by atoms with Gasteiger partial charge in [-0.3, -0.25) is 9.59 Å². The molecule has 0 radical (unpaired) electrons. The molecule has 2 rings (SSSR count). The van der Waals surface area contributed by atoms with Crippen molar-refractivity contribution in [1.29, 1.82) is 0 Å². The van der Waals surface area contributed by atoms with Crippen LogP contribution in [0, 0.1) is 19.8 Å².